The van der Waals surface area contributed by atoms with Gasteiger partial charge < -0.3 is 10.1 Å². The molecule has 1 atom stereocenters. The highest BCUT2D eigenvalue weighted by Gasteiger charge is 2.20. The maximum Gasteiger partial charge on any atom is 0.233 e. The summed E-state index contributed by atoms with van der Waals surface area (Å²) in [4.78, 5) is 12.2. The maximum atomic E-state index is 12.2. The first-order chi connectivity index (χ1) is 11.5. The Morgan fingerprint density at radius 1 is 1.38 bits per heavy atom. The summed E-state index contributed by atoms with van der Waals surface area (Å²) in [5.74, 6) is -0.0350. The Bertz CT molecular complexity index is 669. The summed E-state index contributed by atoms with van der Waals surface area (Å²) in [6, 6.07) is 6.04. The number of aryl methyl sites for hydroxylation is 2. The Labute approximate surface area is 146 Å². The van der Waals surface area contributed by atoms with Crippen molar-refractivity contribution in [3.8, 4) is 5.69 Å². The Balaban J connectivity index is 2.07. The van der Waals surface area contributed by atoms with Crippen molar-refractivity contribution in [2.75, 3.05) is 20.3 Å². The van der Waals surface area contributed by atoms with Gasteiger partial charge in [0.2, 0.25) is 11.1 Å². The number of methoxy groups -OCH3 is 1. The second-order valence-corrected chi connectivity index (χ2v) is 6.82. The normalized spacial score (nSPS) is 12.2. The van der Waals surface area contributed by atoms with E-state index in [9.17, 15) is 4.79 Å². The highest BCUT2D eigenvalue weighted by molar-refractivity contribution is 8.00. The average Bonchev–Trinajstić information content (AvgIpc) is 2.99. The van der Waals surface area contributed by atoms with Gasteiger partial charge in [-0.25, -0.2) is 0 Å². The highest BCUT2D eigenvalue weighted by Crippen LogP contribution is 2.26. The molecule has 24 heavy (non-hydrogen) atoms. The fourth-order valence-corrected chi connectivity index (χ4v) is 3.13. The number of rotatable bonds is 8. The van der Waals surface area contributed by atoms with Crippen LogP contribution in [0.4, 0.5) is 0 Å². The summed E-state index contributed by atoms with van der Waals surface area (Å²) in [6.07, 6.45) is 0.791. The van der Waals surface area contributed by atoms with Crippen molar-refractivity contribution in [1.29, 1.82) is 0 Å². The van der Waals surface area contributed by atoms with Crippen molar-refractivity contribution in [3.05, 3.63) is 29.3 Å². The first kappa shape index (κ1) is 18.4. The minimum atomic E-state index is -0.290. The standard InChI is InChI=1S/C16H23N5O2S/c1-11-7-5-8-12(2)14(11)21-16(18-19-20-21)24-13(3)15(22)17-9-6-10-23-4/h5,7-8,13H,6,9-10H2,1-4H3,(H,17,22). The smallest absolute Gasteiger partial charge is 0.233 e. The molecule has 1 aromatic carbocycles. The monoisotopic (exact) mass is 349 g/mol. The van der Waals surface area contributed by atoms with Gasteiger partial charge in [-0.2, -0.15) is 4.68 Å². The van der Waals surface area contributed by atoms with E-state index in [0.717, 1.165) is 23.2 Å². The minimum Gasteiger partial charge on any atom is -0.385 e. The average molecular weight is 349 g/mol. The molecule has 2 rings (SSSR count). The molecular weight excluding hydrogens is 326 g/mol. The van der Waals surface area contributed by atoms with Gasteiger partial charge in [0.05, 0.1) is 10.9 Å². The van der Waals surface area contributed by atoms with E-state index in [1.54, 1.807) is 11.8 Å². The number of hydrogen-bond donors (Lipinski definition) is 1. The number of amides is 1. The fraction of sp³-hybridized carbons (Fsp3) is 0.500. The van der Waals surface area contributed by atoms with Crippen LogP contribution < -0.4 is 5.32 Å². The minimum absolute atomic E-state index is 0.0350. The number of aromatic nitrogens is 4. The van der Waals surface area contributed by atoms with Crippen LogP contribution in [0.3, 0.4) is 0 Å². The van der Waals surface area contributed by atoms with Gasteiger partial charge in [-0.05, 0) is 48.7 Å². The van der Waals surface area contributed by atoms with E-state index in [0.29, 0.717) is 18.3 Å². The lowest BCUT2D eigenvalue weighted by molar-refractivity contribution is -0.120. The van der Waals surface area contributed by atoms with Gasteiger partial charge >= 0.3 is 0 Å². The summed E-state index contributed by atoms with van der Waals surface area (Å²) in [6.45, 7) is 7.11. The lowest BCUT2D eigenvalue weighted by atomic mass is 10.1. The van der Waals surface area contributed by atoms with Gasteiger partial charge in [-0.3, -0.25) is 4.79 Å². The number of hydrogen-bond acceptors (Lipinski definition) is 6. The molecular formula is C16H23N5O2S. The molecule has 1 aromatic heterocycles. The summed E-state index contributed by atoms with van der Waals surface area (Å²) >= 11 is 1.34. The highest BCUT2D eigenvalue weighted by atomic mass is 32.2. The largest absolute Gasteiger partial charge is 0.385 e. The molecule has 0 saturated heterocycles. The van der Waals surface area contributed by atoms with Crippen LogP contribution in [-0.4, -0.2) is 51.6 Å². The number of ether oxygens (including phenoxy) is 1. The van der Waals surface area contributed by atoms with E-state index in [4.69, 9.17) is 4.74 Å². The van der Waals surface area contributed by atoms with Gasteiger partial charge in [0, 0.05) is 20.3 Å². The van der Waals surface area contributed by atoms with Crippen molar-refractivity contribution < 1.29 is 9.53 Å². The van der Waals surface area contributed by atoms with Gasteiger partial charge in [0.15, 0.2) is 0 Å². The van der Waals surface area contributed by atoms with Crippen LogP contribution in [0.5, 0.6) is 0 Å². The Morgan fingerprint density at radius 3 is 2.75 bits per heavy atom. The van der Waals surface area contributed by atoms with E-state index in [1.165, 1.54) is 11.8 Å². The molecule has 1 N–H and O–H groups in total. The van der Waals surface area contributed by atoms with E-state index in [1.807, 2.05) is 39.0 Å². The number of para-hydroxylation sites is 1. The number of carbonyl (C=O) groups excluding carboxylic acids is 1. The quantitative estimate of drug-likeness (QED) is 0.579. The second kappa shape index (κ2) is 8.79. The molecule has 0 saturated carbocycles. The van der Waals surface area contributed by atoms with Crippen LogP contribution in [0.15, 0.2) is 23.4 Å². The Morgan fingerprint density at radius 2 is 2.08 bits per heavy atom. The third kappa shape index (κ3) is 4.55. The molecule has 8 heteroatoms. The molecule has 0 bridgehead atoms. The lowest BCUT2D eigenvalue weighted by Gasteiger charge is -2.13. The predicted molar refractivity (Wildman–Crippen MR) is 93.4 cm³/mol. The zero-order valence-electron chi connectivity index (χ0n) is 14.4. The molecule has 1 amide bonds. The molecule has 130 valence electrons. The van der Waals surface area contributed by atoms with E-state index < -0.39 is 0 Å². The molecule has 0 aliphatic rings. The molecule has 1 heterocycles. The van der Waals surface area contributed by atoms with Crippen LogP contribution in [0.2, 0.25) is 0 Å². The fourth-order valence-electron chi connectivity index (χ4n) is 2.32. The SMILES string of the molecule is COCCCNC(=O)C(C)Sc1nnnn1-c1c(C)cccc1C. The third-order valence-electron chi connectivity index (χ3n) is 3.57. The van der Waals surface area contributed by atoms with E-state index in [-0.39, 0.29) is 11.2 Å². The van der Waals surface area contributed by atoms with Crippen LogP contribution >= 0.6 is 11.8 Å². The number of nitrogens with zero attached hydrogens (tertiary/aromatic N) is 4. The van der Waals surface area contributed by atoms with Gasteiger partial charge in [0.1, 0.15) is 0 Å². The Hall–Kier alpha value is -1.93. The second-order valence-electron chi connectivity index (χ2n) is 5.51. The summed E-state index contributed by atoms with van der Waals surface area (Å²) in [7, 11) is 1.65. The molecule has 0 aliphatic carbocycles. The maximum absolute atomic E-state index is 12.2. The summed E-state index contributed by atoms with van der Waals surface area (Å²) in [5, 5.41) is 15.1. The van der Waals surface area contributed by atoms with Gasteiger partial charge in [-0.15, -0.1) is 5.10 Å². The third-order valence-corrected chi connectivity index (χ3v) is 4.60. The zero-order chi connectivity index (χ0) is 17.5. The van der Waals surface area contributed by atoms with Crippen LogP contribution in [-0.2, 0) is 9.53 Å². The van der Waals surface area contributed by atoms with Gasteiger partial charge in [-0.1, -0.05) is 30.0 Å². The molecule has 0 radical (unpaired) electrons. The van der Waals surface area contributed by atoms with Crippen LogP contribution in [0.25, 0.3) is 5.69 Å². The molecule has 0 spiro atoms. The van der Waals surface area contributed by atoms with Crippen molar-refractivity contribution in [1.82, 2.24) is 25.5 Å². The summed E-state index contributed by atoms with van der Waals surface area (Å²) in [5.41, 5.74) is 3.12. The first-order valence-electron chi connectivity index (χ1n) is 7.83. The number of tetrazole rings is 1. The molecule has 7 nitrogen and oxygen atoms in total. The number of benzene rings is 1. The van der Waals surface area contributed by atoms with Crippen molar-refractivity contribution in [3.63, 3.8) is 0 Å². The van der Waals surface area contributed by atoms with Crippen molar-refractivity contribution in [2.24, 2.45) is 0 Å². The summed E-state index contributed by atoms with van der Waals surface area (Å²) < 4.78 is 6.67. The topological polar surface area (TPSA) is 81.9 Å². The molecule has 2 aromatic rings. The predicted octanol–water partition coefficient (Wildman–Crippen LogP) is 1.91. The van der Waals surface area contributed by atoms with E-state index >= 15 is 0 Å². The molecule has 0 fully saturated rings. The van der Waals surface area contributed by atoms with Crippen molar-refractivity contribution in [2.45, 2.75) is 37.6 Å². The number of carbonyl (C=O) groups is 1. The van der Waals surface area contributed by atoms with Crippen molar-refractivity contribution >= 4 is 17.7 Å². The zero-order valence-corrected chi connectivity index (χ0v) is 15.3. The lowest BCUT2D eigenvalue weighted by Crippen LogP contribution is -2.32. The molecule has 1 unspecified atom stereocenters. The van der Waals surface area contributed by atoms with E-state index in [2.05, 4.69) is 20.8 Å². The van der Waals surface area contributed by atoms with Crippen LogP contribution in [0.1, 0.15) is 24.5 Å². The molecule has 0 aliphatic heterocycles. The number of nitrogens with one attached hydrogen (secondary N) is 1. The Kier molecular flexibility index (Phi) is 6.74. The van der Waals surface area contributed by atoms with Gasteiger partial charge in [0.25, 0.3) is 0 Å². The number of thioether (sulfide) groups is 1. The first-order valence-corrected chi connectivity index (χ1v) is 8.70. The van der Waals surface area contributed by atoms with Crippen LogP contribution in [0, 0.1) is 13.8 Å².